The van der Waals surface area contributed by atoms with Gasteiger partial charge in [-0.15, -0.1) is 0 Å². The van der Waals surface area contributed by atoms with Crippen LogP contribution in [0.15, 0.2) is 219 Å². The fraction of sp³-hybridized carbons (Fsp3) is 0.0189. The monoisotopic (exact) mass is 802 g/mol. The van der Waals surface area contributed by atoms with Crippen molar-refractivity contribution in [2.24, 2.45) is 0 Å². The van der Waals surface area contributed by atoms with E-state index in [1.54, 1.807) is 12.4 Å². The molecule has 4 heterocycles. The molecule has 0 radical (unpaired) electrons. The van der Waals surface area contributed by atoms with Crippen molar-refractivity contribution in [3.8, 4) is 11.4 Å². The van der Waals surface area contributed by atoms with Gasteiger partial charge >= 0.3 is 324 Å². The summed E-state index contributed by atoms with van der Waals surface area (Å²) in [6.07, 6.45) is 3.59. The van der Waals surface area contributed by atoms with Gasteiger partial charge in [-0.05, 0) is 6.07 Å². The van der Waals surface area contributed by atoms with Gasteiger partial charge in [0.15, 0.2) is 0 Å². The number of hydrogen-bond donors (Lipinski definition) is 0. The quantitative estimate of drug-likeness (QED) is 0.167. The van der Waals surface area contributed by atoms with Gasteiger partial charge in [-0.1, -0.05) is 0 Å². The van der Waals surface area contributed by atoms with E-state index in [4.69, 9.17) is 0 Å². The van der Waals surface area contributed by atoms with Crippen LogP contribution in [0.3, 0.4) is 0 Å². The van der Waals surface area contributed by atoms with Crippen LogP contribution in [0, 0.1) is 0 Å². The van der Waals surface area contributed by atoms with Crippen molar-refractivity contribution in [1.29, 1.82) is 0 Å². The standard InChI is InChI=1S/C53H36GeN4/c1-2-17-38(18-3-1)58-50-29-14-10-25-46(50)54(47-26-11-15-30-51(47)58)44-23-8-4-19-40(44)53(41-20-5-9-24-45(41)54)42-21-6-12-27-48(42)57(49-28-13-7-22-43(49)53)39-33-31-37(32-34-39)52-55-35-16-36-56-52/h1-36H. The van der Waals surface area contributed by atoms with Crippen LogP contribution in [-0.4, -0.2) is 23.2 Å². The maximum absolute atomic E-state index is 4.52. The molecule has 1 aromatic heterocycles. The van der Waals surface area contributed by atoms with E-state index in [0.29, 0.717) is 0 Å². The number of anilines is 6. The van der Waals surface area contributed by atoms with Gasteiger partial charge in [-0.3, -0.25) is 0 Å². The molecular weight excluding hydrogens is 765 g/mol. The molecule has 0 saturated heterocycles. The molecule has 0 saturated carbocycles. The van der Waals surface area contributed by atoms with E-state index in [9.17, 15) is 0 Å². The van der Waals surface area contributed by atoms with E-state index in [-0.39, 0.29) is 0 Å². The minimum atomic E-state index is -3.79. The first-order chi connectivity index (χ1) is 28.8. The second-order valence-electron chi connectivity index (χ2n) is 15.3. The van der Waals surface area contributed by atoms with Crippen LogP contribution in [0.2, 0.25) is 0 Å². The summed E-state index contributed by atoms with van der Waals surface area (Å²) in [6, 6.07) is 77.1. The Kier molecular flexibility index (Phi) is 7.29. The third kappa shape index (κ3) is 4.35. The van der Waals surface area contributed by atoms with Gasteiger partial charge in [0.25, 0.3) is 0 Å². The number of para-hydroxylation sites is 5. The SMILES string of the molecule is c1ccc(N2c3cccc[c]3[Ge]3([c]4ccccc42)[c]2ccccc2C2(c4ccccc4N(c4ccc(-c5ncccn5)cc4)c4ccccc42)c2cccc[c]23)cc1. The van der Waals surface area contributed by atoms with Crippen molar-refractivity contribution in [3.63, 3.8) is 0 Å². The van der Waals surface area contributed by atoms with E-state index in [1.807, 2.05) is 6.07 Å². The number of fused-ring (bicyclic) bond motifs is 14. The van der Waals surface area contributed by atoms with Crippen LogP contribution in [0.4, 0.5) is 34.1 Å². The average molecular weight is 802 g/mol. The molecule has 0 N–H and O–H groups in total. The molecule has 3 aliphatic heterocycles. The molecule has 272 valence electrons. The predicted octanol–water partition coefficient (Wildman–Crippen LogP) is 9.78. The first kappa shape index (κ1) is 33.2. The van der Waals surface area contributed by atoms with Crippen molar-refractivity contribution in [3.05, 3.63) is 241 Å². The van der Waals surface area contributed by atoms with Gasteiger partial charge in [-0.25, -0.2) is 0 Å². The van der Waals surface area contributed by atoms with Gasteiger partial charge in [-0.2, -0.15) is 0 Å². The number of rotatable bonds is 3. The number of hydrogen-bond acceptors (Lipinski definition) is 4. The summed E-state index contributed by atoms with van der Waals surface area (Å²) in [6.45, 7) is 0. The Balaban J connectivity index is 1.17. The summed E-state index contributed by atoms with van der Waals surface area (Å²) in [4.78, 5) is 14.0. The third-order valence-corrected chi connectivity index (χ3v) is 23.0. The molecule has 3 aliphatic rings. The normalized spacial score (nSPS) is 14.8. The van der Waals surface area contributed by atoms with E-state index in [1.165, 1.54) is 68.3 Å². The summed E-state index contributed by atoms with van der Waals surface area (Å²) in [5.41, 5.74) is 12.9. The molecule has 12 rings (SSSR count). The molecular formula is C53H36GeN4. The van der Waals surface area contributed by atoms with E-state index >= 15 is 0 Å². The van der Waals surface area contributed by atoms with Crippen molar-refractivity contribution in [2.75, 3.05) is 9.80 Å². The molecule has 2 spiro atoms. The number of benzene rings is 8. The Morgan fingerprint density at radius 2 is 0.724 bits per heavy atom. The molecule has 4 nitrogen and oxygen atoms in total. The maximum atomic E-state index is 4.52. The molecule has 5 heteroatoms. The van der Waals surface area contributed by atoms with Gasteiger partial charge in [0.1, 0.15) is 0 Å². The van der Waals surface area contributed by atoms with Crippen LogP contribution in [-0.2, 0) is 5.41 Å². The Morgan fingerprint density at radius 1 is 0.328 bits per heavy atom. The fourth-order valence-corrected chi connectivity index (χ4v) is 22.4. The van der Waals surface area contributed by atoms with Crippen LogP contribution in [0.25, 0.3) is 11.4 Å². The van der Waals surface area contributed by atoms with Gasteiger partial charge in [0.2, 0.25) is 0 Å². The van der Waals surface area contributed by atoms with E-state index < -0.39 is 18.7 Å². The van der Waals surface area contributed by atoms with Crippen molar-refractivity contribution in [1.82, 2.24) is 9.97 Å². The average Bonchev–Trinajstić information content (AvgIpc) is 3.31. The molecule has 58 heavy (non-hydrogen) atoms. The summed E-state index contributed by atoms with van der Waals surface area (Å²) in [7, 11) is 0. The van der Waals surface area contributed by atoms with Crippen molar-refractivity contribution < 1.29 is 0 Å². The summed E-state index contributed by atoms with van der Waals surface area (Å²) >= 11 is -3.79. The number of aromatic nitrogens is 2. The summed E-state index contributed by atoms with van der Waals surface area (Å²) in [5, 5.41) is 0. The molecule has 9 aromatic rings. The zero-order valence-corrected chi connectivity index (χ0v) is 33.7. The molecule has 8 aromatic carbocycles. The fourth-order valence-electron chi connectivity index (χ4n) is 10.6. The van der Waals surface area contributed by atoms with Gasteiger partial charge in [0, 0.05) is 12.4 Å². The molecule has 0 atom stereocenters. The van der Waals surface area contributed by atoms with E-state index in [0.717, 1.165) is 17.1 Å². The Bertz CT molecular complexity index is 2890. The zero-order chi connectivity index (χ0) is 38.3. The number of nitrogens with zero attached hydrogens (tertiary/aromatic N) is 4. The Hall–Kier alpha value is -7.02. The van der Waals surface area contributed by atoms with Gasteiger partial charge < -0.3 is 0 Å². The first-order valence-corrected chi connectivity index (χ1v) is 24.1. The topological polar surface area (TPSA) is 32.3 Å². The van der Waals surface area contributed by atoms with E-state index in [2.05, 4.69) is 220 Å². The first-order valence-electron chi connectivity index (χ1n) is 19.9. The Morgan fingerprint density at radius 3 is 1.26 bits per heavy atom. The van der Waals surface area contributed by atoms with Crippen LogP contribution in [0.1, 0.15) is 22.3 Å². The molecule has 0 unspecified atom stereocenters. The second-order valence-corrected chi connectivity index (χ2v) is 23.0. The second kappa shape index (κ2) is 12.8. The Labute approximate surface area is 340 Å². The van der Waals surface area contributed by atoms with Crippen LogP contribution < -0.4 is 27.4 Å². The van der Waals surface area contributed by atoms with Crippen LogP contribution in [0.5, 0.6) is 0 Å². The van der Waals surface area contributed by atoms with Crippen LogP contribution >= 0.6 is 0 Å². The zero-order valence-electron chi connectivity index (χ0n) is 31.6. The van der Waals surface area contributed by atoms with Gasteiger partial charge in [0.05, 0.1) is 0 Å². The third-order valence-electron chi connectivity index (χ3n) is 12.6. The van der Waals surface area contributed by atoms with Crippen molar-refractivity contribution >= 4 is 65.0 Å². The molecule has 0 fully saturated rings. The predicted molar refractivity (Wildman–Crippen MR) is 239 cm³/mol. The molecule has 0 amide bonds. The minimum absolute atomic E-state index is 0.578. The molecule has 0 aliphatic carbocycles. The van der Waals surface area contributed by atoms with Crippen molar-refractivity contribution in [2.45, 2.75) is 5.41 Å². The summed E-state index contributed by atoms with van der Waals surface area (Å²) in [5.74, 6) is 0.722. The summed E-state index contributed by atoms with van der Waals surface area (Å²) < 4.78 is 5.89. The molecule has 0 bridgehead atoms.